The van der Waals surface area contributed by atoms with E-state index < -0.39 is 5.97 Å². The van der Waals surface area contributed by atoms with Gasteiger partial charge in [0.15, 0.2) is 0 Å². The van der Waals surface area contributed by atoms with Gasteiger partial charge in [0.25, 0.3) is 0 Å². The number of aromatic nitrogens is 1. The molecule has 1 saturated carbocycles. The molecule has 24 heavy (non-hydrogen) atoms. The molecule has 2 heterocycles. The van der Waals surface area contributed by atoms with Crippen molar-refractivity contribution < 1.29 is 9.90 Å². The number of nitrogens with zero attached hydrogens (tertiary/aromatic N) is 3. The largest absolute Gasteiger partial charge is 0.480 e. The second-order valence-electron chi connectivity index (χ2n) is 7.33. The van der Waals surface area contributed by atoms with Crippen LogP contribution in [-0.2, 0) is 11.3 Å². The average molecular weight is 352 g/mol. The van der Waals surface area contributed by atoms with Crippen LogP contribution in [0, 0.1) is 0 Å². The molecule has 0 spiro atoms. The third-order valence-electron chi connectivity index (χ3n) is 5.46. The van der Waals surface area contributed by atoms with E-state index in [0.29, 0.717) is 12.0 Å². The molecular weight excluding hydrogens is 322 g/mol. The summed E-state index contributed by atoms with van der Waals surface area (Å²) in [6.45, 7) is 3.21. The van der Waals surface area contributed by atoms with E-state index in [2.05, 4.69) is 10.3 Å². The molecule has 5 nitrogen and oxygen atoms in total. The quantitative estimate of drug-likeness (QED) is 0.853. The Kier molecular flexibility index (Phi) is 6.25. The van der Waals surface area contributed by atoms with Crippen LogP contribution < -0.4 is 0 Å². The molecule has 2 aliphatic rings. The minimum absolute atomic E-state index is 0.140. The monoisotopic (exact) mass is 351 g/mol. The van der Waals surface area contributed by atoms with Gasteiger partial charge in [0.05, 0.1) is 17.2 Å². The summed E-state index contributed by atoms with van der Waals surface area (Å²) >= 11 is 1.84. The number of carboxylic acid groups (broad SMARTS) is 1. The first kappa shape index (κ1) is 17.8. The lowest BCUT2D eigenvalue weighted by Gasteiger charge is -2.25. The van der Waals surface area contributed by atoms with E-state index in [1.165, 1.54) is 36.4 Å². The maximum atomic E-state index is 10.9. The molecule has 134 valence electrons. The zero-order chi connectivity index (χ0) is 16.9. The Morgan fingerprint density at radius 1 is 1.29 bits per heavy atom. The minimum atomic E-state index is -0.736. The Morgan fingerprint density at radius 2 is 2.08 bits per heavy atom. The first-order valence-electron chi connectivity index (χ1n) is 9.20. The van der Waals surface area contributed by atoms with Crippen molar-refractivity contribution in [1.29, 1.82) is 0 Å². The fraction of sp³-hybridized carbons (Fsp3) is 0.778. The lowest BCUT2D eigenvalue weighted by molar-refractivity contribution is -0.138. The van der Waals surface area contributed by atoms with Crippen molar-refractivity contribution in [3.8, 4) is 0 Å². The topological polar surface area (TPSA) is 56.7 Å². The number of carbonyl (C=O) groups is 1. The summed E-state index contributed by atoms with van der Waals surface area (Å²) in [5.41, 5.74) is 1.22. The van der Waals surface area contributed by atoms with E-state index in [1.807, 2.05) is 23.3 Å². The van der Waals surface area contributed by atoms with Gasteiger partial charge >= 0.3 is 5.97 Å². The van der Waals surface area contributed by atoms with Crippen molar-refractivity contribution in [3.05, 3.63) is 16.1 Å². The fourth-order valence-corrected chi connectivity index (χ4v) is 5.05. The summed E-state index contributed by atoms with van der Waals surface area (Å²) in [5, 5.41) is 12.6. The van der Waals surface area contributed by atoms with Crippen LogP contribution in [0.4, 0.5) is 0 Å². The van der Waals surface area contributed by atoms with Gasteiger partial charge in [-0.25, -0.2) is 4.98 Å². The lowest BCUT2D eigenvalue weighted by atomic mass is 10.1. The lowest BCUT2D eigenvalue weighted by Crippen LogP contribution is -2.36. The van der Waals surface area contributed by atoms with Crippen molar-refractivity contribution in [1.82, 2.24) is 14.8 Å². The van der Waals surface area contributed by atoms with E-state index in [1.54, 1.807) is 0 Å². The molecule has 1 aromatic rings. The highest BCUT2D eigenvalue weighted by Crippen LogP contribution is 2.35. The highest BCUT2D eigenvalue weighted by molar-refractivity contribution is 7.09. The molecule has 1 aromatic heterocycles. The third-order valence-corrected chi connectivity index (χ3v) is 6.51. The molecule has 1 atom stereocenters. The SMILES string of the molecule is CN(CC(=O)O)C1CCCN(Cc2csc(C3CCCC3)n2)CC1. The van der Waals surface area contributed by atoms with Gasteiger partial charge in [-0.1, -0.05) is 12.8 Å². The van der Waals surface area contributed by atoms with Crippen LogP contribution in [0.2, 0.25) is 0 Å². The summed E-state index contributed by atoms with van der Waals surface area (Å²) in [6, 6.07) is 0.385. The molecule has 0 amide bonds. The van der Waals surface area contributed by atoms with Crippen LogP contribution in [0.1, 0.15) is 61.6 Å². The van der Waals surface area contributed by atoms with Gasteiger partial charge in [0, 0.05) is 30.4 Å². The van der Waals surface area contributed by atoms with Crippen molar-refractivity contribution in [2.45, 2.75) is 63.5 Å². The summed E-state index contributed by atoms with van der Waals surface area (Å²) in [7, 11) is 1.93. The summed E-state index contributed by atoms with van der Waals surface area (Å²) in [4.78, 5) is 20.3. The zero-order valence-corrected chi connectivity index (χ0v) is 15.4. The van der Waals surface area contributed by atoms with Crippen molar-refractivity contribution in [2.24, 2.45) is 0 Å². The van der Waals surface area contributed by atoms with Crippen LogP contribution in [0.3, 0.4) is 0 Å². The Hall–Kier alpha value is -0.980. The Labute approximate surface area is 148 Å². The number of likely N-dealkylation sites (N-methyl/N-ethyl adjacent to an activating group) is 1. The molecule has 1 aliphatic heterocycles. The van der Waals surface area contributed by atoms with Gasteiger partial charge in [-0.2, -0.15) is 0 Å². The molecule has 3 rings (SSSR count). The second-order valence-corrected chi connectivity index (χ2v) is 8.22. The number of thiazole rings is 1. The molecule has 2 fully saturated rings. The Bertz CT molecular complexity index is 542. The number of hydrogen-bond acceptors (Lipinski definition) is 5. The molecule has 1 aliphatic carbocycles. The minimum Gasteiger partial charge on any atom is -0.480 e. The number of carboxylic acids is 1. The van der Waals surface area contributed by atoms with Gasteiger partial charge in [-0.15, -0.1) is 11.3 Å². The smallest absolute Gasteiger partial charge is 0.317 e. The highest BCUT2D eigenvalue weighted by Gasteiger charge is 2.23. The average Bonchev–Trinajstić information content (AvgIpc) is 3.15. The maximum absolute atomic E-state index is 10.9. The fourth-order valence-electron chi connectivity index (χ4n) is 4.06. The van der Waals surface area contributed by atoms with Crippen molar-refractivity contribution in [3.63, 3.8) is 0 Å². The van der Waals surface area contributed by atoms with Crippen molar-refractivity contribution in [2.75, 3.05) is 26.7 Å². The van der Waals surface area contributed by atoms with E-state index in [9.17, 15) is 4.79 Å². The number of rotatable bonds is 6. The molecule has 0 radical (unpaired) electrons. The molecule has 6 heteroatoms. The standard InChI is InChI=1S/C18H29N3O2S/c1-20(12-17(22)23)16-7-4-9-21(10-8-16)11-15-13-24-18(19-15)14-5-2-3-6-14/h13-14,16H,2-12H2,1H3,(H,22,23). The summed E-state index contributed by atoms with van der Waals surface area (Å²) in [5.74, 6) is -0.0255. The van der Waals surface area contributed by atoms with E-state index in [4.69, 9.17) is 10.1 Å². The predicted molar refractivity (Wildman–Crippen MR) is 96.5 cm³/mol. The zero-order valence-electron chi connectivity index (χ0n) is 14.6. The van der Waals surface area contributed by atoms with Gasteiger partial charge in [-0.05, 0) is 45.7 Å². The predicted octanol–water partition coefficient (Wildman–Crippen LogP) is 3.17. The molecule has 0 aromatic carbocycles. The van der Waals surface area contributed by atoms with E-state index in [-0.39, 0.29) is 6.54 Å². The van der Waals surface area contributed by atoms with Gasteiger partial charge in [0.1, 0.15) is 0 Å². The first-order valence-corrected chi connectivity index (χ1v) is 10.1. The van der Waals surface area contributed by atoms with Crippen LogP contribution >= 0.6 is 11.3 Å². The van der Waals surface area contributed by atoms with E-state index >= 15 is 0 Å². The number of aliphatic carboxylic acids is 1. The molecule has 1 N–H and O–H groups in total. The third kappa shape index (κ3) is 4.77. The first-order chi connectivity index (χ1) is 11.6. The van der Waals surface area contributed by atoms with Gasteiger partial charge in [0.2, 0.25) is 0 Å². The number of likely N-dealkylation sites (tertiary alicyclic amines) is 1. The van der Waals surface area contributed by atoms with Crippen LogP contribution in [0.15, 0.2) is 5.38 Å². The normalized spacial score (nSPS) is 23.7. The summed E-state index contributed by atoms with van der Waals surface area (Å²) < 4.78 is 0. The molecule has 1 saturated heterocycles. The van der Waals surface area contributed by atoms with Crippen LogP contribution in [0.5, 0.6) is 0 Å². The van der Waals surface area contributed by atoms with Gasteiger partial charge in [-0.3, -0.25) is 14.6 Å². The summed E-state index contributed by atoms with van der Waals surface area (Å²) in [6.07, 6.45) is 8.61. The maximum Gasteiger partial charge on any atom is 0.317 e. The van der Waals surface area contributed by atoms with E-state index in [0.717, 1.165) is 38.9 Å². The molecule has 1 unspecified atom stereocenters. The highest BCUT2D eigenvalue weighted by atomic mass is 32.1. The molecule has 0 bridgehead atoms. The molecular formula is C18H29N3O2S. The van der Waals surface area contributed by atoms with Crippen LogP contribution in [-0.4, -0.2) is 58.6 Å². The number of hydrogen-bond donors (Lipinski definition) is 1. The van der Waals surface area contributed by atoms with Crippen molar-refractivity contribution >= 4 is 17.3 Å². The van der Waals surface area contributed by atoms with Crippen LogP contribution in [0.25, 0.3) is 0 Å². The Balaban J connectivity index is 1.50. The Morgan fingerprint density at radius 3 is 2.83 bits per heavy atom. The van der Waals surface area contributed by atoms with Gasteiger partial charge < -0.3 is 5.11 Å². The second kappa shape index (κ2) is 8.41.